The van der Waals surface area contributed by atoms with Gasteiger partial charge in [-0.1, -0.05) is 39.8 Å². The largest absolute Gasteiger partial charge is 0.334 e. The maximum absolute atomic E-state index is 13.6. The van der Waals surface area contributed by atoms with Crippen molar-refractivity contribution in [2.24, 2.45) is 5.10 Å². The van der Waals surface area contributed by atoms with E-state index >= 15 is 0 Å². The summed E-state index contributed by atoms with van der Waals surface area (Å²) in [6.07, 6.45) is 0. The number of carbonyl (C=O) groups excluding carboxylic acids is 1. The highest BCUT2D eigenvalue weighted by Crippen LogP contribution is 2.19. The number of nitrogen functional groups attached to an aromatic ring is 1. The van der Waals surface area contributed by atoms with Gasteiger partial charge in [-0.25, -0.2) is 18.9 Å². The second-order valence-corrected chi connectivity index (χ2v) is 7.81. The van der Waals surface area contributed by atoms with Gasteiger partial charge >= 0.3 is 0 Å². The first-order chi connectivity index (χ1) is 14.3. The topological polar surface area (TPSA) is 110 Å². The molecule has 0 fully saturated rings. The van der Waals surface area contributed by atoms with Gasteiger partial charge in [0.15, 0.2) is 0 Å². The molecular formula is C18H16BrF2N7OS. The molecule has 1 amide bonds. The number of hydrogen-bond donors (Lipinski definition) is 3. The molecule has 2 aromatic carbocycles. The minimum absolute atomic E-state index is 0.104. The van der Waals surface area contributed by atoms with E-state index in [2.05, 4.69) is 42.0 Å². The molecule has 4 N–H and O–H groups in total. The molecule has 0 atom stereocenters. The van der Waals surface area contributed by atoms with E-state index in [9.17, 15) is 13.6 Å². The fraction of sp³-hybridized carbons (Fsp3) is 0.111. The average molecular weight is 496 g/mol. The summed E-state index contributed by atoms with van der Waals surface area (Å²) >= 11 is 4.37. The third kappa shape index (κ3) is 5.54. The van der Waals surface area contributed by atoms with Crippen molar-refractivity contribution >= 4 is 50.9 Å². The van der Waals surface area contributed by atoms with E-state index in [0.29, 0.717) is 11.8 Å². The van der Waals surface area contributed by atoms with E-state index in [1.54, 1.807) is 0 Å². The molecule has 0 radical (unpaired) electrons. The molecule has 0 bridgehead atoms. The monoisotopic (exact) mass is 495 g/mol. The van der Waals surface area contributed by atoms with Gasteiger partial charge in [-0.15, -0.1) is 10.2 Å². The molecular weight excluding hydrogens is 480 g/mol. The van der Waals surface area contributed by atoms with Crippen molar-refractivity contribution in [2.75, 3.05) is 22.3 Å². The summed E-state index contributed by atoms with van der Waals surface area (Å²) in [5.41, 5.74) is 4.23. The normalized spacial score (nSPS) is 11.4. The van der Waals surface area contributed by atoms with Gasteiger partial charge in [-0.3, -0.25) is 4.79 Å². The fourth-order valence-corrected chi connectivity index (χ4v) is 3.17. The summed E-state index contributed by atoms with van der Waals surface area (Å²) in [6.45, 7) is 1.82. The molecule has 3 rings (SSSR count). The predicted molar refractivity (Wildman–Crippen MR) is 116 cm³/mol. The Balaban J connectivity index is 1.57. The van der Waals surface area contributed by atoms with Crippen molar-refractivity contribution in [3.8, 4) is 0 Å². The number of carbonyl (C=O) groups is 1. The molecule has 0 saturated heterocycles. The zero-order valence-corrected chi connectivity index (χ0v) is 18.0. The molecule has 1 aromatic heterocycles. The van der Waals surface area contributed by atoms with Gasteiger partial charge in [0.1, 0.15) is 11.6 Å². The number of amides is 1. The van der Waals surface area contributed by atoms with Crippen LogP contribution in [0.1, 0.15) is 12.5 Å². The highest BCUT2D eigenvalue weighted by atomic mass is 79.9. The van der Waals surface area contributed by atoms with Crippen molar-refractivity contribution in [2.45, 2.75) is 12.1 Å². The Morgan fingerprint density at radius 2 is 1.97 bits per heavy atom. The van der Waals surface area contributed by atoms with Gasteiger partial charge in [0, 0.05) is 10.5 Å². The van der Waals surface area contributed by atoms with E-state index in [1.807, 2.05) is 31.2 Å². The summed E-state index contributed by atoms with van der Waals surface area (Å²) in [6, 6.07) is 10.5. The van der Waals surface area contributed by atoms with Crippen LogP contribution in [0.5, 0.6) is 0 Å². The van der Waals surface area contributed by atoms with Crippen LogP contribution in [0.2, 0.25) is 0 Å². The van der Waals surface area contributed by atoms with Crippen LogP contribution in [0.3, 0.4) is 0 Å². The number of aromatic nitrogens is 3. The van der Waals surface area contributed by atoms with Gasteiger partial charge in [0.05, 0.1) is 17.2 Å². The van der Waals surface area contributed by atoms with Crippen LogP contribution < -0.4 is 16.6 Å². The Kier molecular flexibility index (Phi) is 7.00. The van der Waals surface area contributed by atoms with Crippen LogP contribution in [-0.2, 0) is 4.79 Å². The Hall–Kier alpha value is -2.99. The van der Waals surface area contributed by atoms with Gasteiger partial charge < -0.3 is 11.2 Å². The molecule has 156 valence electrons. The number of benzene rings is 2. The number of hydrazone groups is 1. The Labute approximate surface area is 183 Å². The number of nitrogens with one attached hydrogen (secondary N) is 2. The van der Waals surface area contributed by atoms with E-state index < -0.39 is 17.5 Å². The minimum Gasteiger partial charge on any atom is -0.334 e. The molecule has 0 saturated carbocycles. The van der Waals surface area contributed by atoms with E-state index in [0.717, 1.165) is 38.6 Å². The minimum atomic E-state index is -0.860. The highest BCUT2D eigenvalue weighted by molar-refractivity contribution is 9.10. The first-order valence-electron chi connectivity index (χ1n) is 8.48. The Bertz CT molecular complexity index is 1090. The molecule has 30 heavy (non-hydrogen) atoms. The van der Waals surface area contributed by atoms with Crippen molar-refractivity contribution in [1.29, 1.82) is 0 Å². The van der Waals surface area contributed by atoms with Gasteiger partial charge in [0.25, 0.3) is 5.95 Å². The summed E-state index contributed by atoms with van der Waals surface area (Å²) in [5, 5.41) is 14.6. The van der Waals surface area contributed by atoms with E-state index in [-0.39, 0.29) is 22.5 Å². The summed E-state index contributed by atoms with van der Waals surface area (Å²) in [4.78, 5) is 12.0. The molecule has 8 nitrogen and oxygen atoms in total. The van der Waals surface area contributed by atoms with Crippen molar-refractivity contribution in [3.63, 3.8) is 0 Å². The number of rotatable bonds is 7. The van der Waals surface area contributed by atoms with Crippen LogP contribution in [0, 0.1) is 11.6 Å². The third-order valence-electron chi connectivity index (χ3n) is 3.79. The molecule has 1 heterocycles. The lowest BCUT2D eigenvalue weighted by atomic mass is 10.1. The van der Waals surface area contributed by atoms with Crippen LogP contribution in [0.25, 0.3) is 0 Å². The average Bonchev–Trinajstić information content (AvgIpc) is 3.07. The standard InChI is InChI=1S/C18H16BrF2N7OS/c1-10(11-2-4-12(19)5-3-11)24-25-17-26-27-18(28(17)22)30-9-16(29)23-15-7-6-13(20)8-14(15)21/h2-8H,9,22H2,1H3,(H,23,29)(H,25,26)/b24-10+. The highest BCUT2D eigenvalue weighted by Gasteiger charge is 2.13. The lowest BCUT2D eigenvalue weighted by Crippen LogP contribution is -2.17. The summed E-state index contributed by atoms with van der Waals surface area (Å²) < 4.78 is 28.6. The maximum Gasteiger partial charge on any atom is 0.264 e. The molecule has 0 unspecified atom stereocenters. The van der Waals surface area contributed by atoms with Crippen molar-refractivity contribution in [1.82, 2.24) is 14.9 Å². The number of hydrogen-bond acceptors (Lipinski definition) is 7. The Morgan fingerprint density at radius 3 is 2.67 bits per heavy atom. The molecule has 0 aliphatic carbocycles. The zero-order chi connectivity index (χ0) is 21.7. The number of anilines is 2. The van der Waals surface area contributed by atoms with E-state index in [4.69, 9.17) is 5.84 Å². The number of nitrogens with two attached hydrogens (primary N) is 1. The number of halogens is 3. The second kappa shape index (κ2) is 9.67. The predicted octanol–water partition coefficient (Wildman–Crippen LogP) is 3.60. The van der Waals surface area contributed by atoms with Gasteiger partial charge in [-0.2, -0.15) is 5.10 Å². The molecule has 3 aromatic rings. The van der Waals surface area contributed by atoms with Crippen LogP contribution in [0.15, 0.2) is 57.2 Å². The SMILES string of the molecule is C/C(=N\Nc1nnc(SCC(=O)Nc2ccc(F)cc2F)n1N)c1ccc(Br)cc1. The second-order valence-electron chi connectivity index (χ2n) is 5.95. The zero-order valence-electron chi connectivity index (χ0n) is 15.6. The number of thioether (sulfide) groups is 1. The fourth-order valence-electron chi connectivity index (χ4n) is 2.25. The van der Waals surface area contributed by atoms with Gasteiger partial charge in [-0.05, 0) is 36.8 Å². The first kappa shape index (κ1) is 21.7. The van der Waals surface area contributed by atoms with Gasteiger partial charge in [0.2, 0.25) is 11.1 Å². The Morgan fingerprint density at radius 1 is 1.23 bits per heavy atom. The number of nitrogens with zero attached hydrogens (tertiary/aromatic N) is 4. The lowest BCUT2D eigenvalue weighted by molar-refractivity contribution is -0.113. The third-order valence-corrected chi connectivity index (χ3v) is 5.26. The van der Waals surface area contributed by atoms with Crippen LogP contribution in [-0.4, -0.2) is 32.2 Å². The van der Waals surface area contributed by atoms with E-state index in [1.165, 1.54) is 0 Å². The van der Waals surface area contributed by atoms with Crippen molar-refractivity contribution < 1.29 is 13.6 Å². The summed E-state index contributed by atoms with van der Waals surface area (Å²) in [7, 11) is 0. The molecule has 0 spiro atoms. The summed E-state index contributed by atoms with van der Waals surface area (Å²) in [5.74, 6) is 3.91. The molecule has 0 aliphatic heterocycles. The van der Waals surface area contributed by atoms with Crippen molar-refractivity contribution in [3.05, 3.63) is 64.1 Å². The first-order valence-corrected chi connectivity index (χ1v) is 10.3. The smallest absolute Gasteiger partial charge is 0.264 e. The molecule has 0 aliphatic rings. The lowest BCUT2D eigenvalue weighted by Gasteiger charge is -2.06. The maximum atomic E-state index is 13.6. The van der Waals surface area contributed by atoms with Crippen LogP contribution in [0.4, 0.5) is 20.4 Å². The van der Waals surface area contributed by atoms with Crippen LogP contribution >= 0.6 is 27.7 Å². The quantitative estimate of drug-likeness (QED) is 0.200. The molecule has 12 heteroatoms.